The van der Waals surface area contributed by atoms with Gasteiger partial charge in [0.15, 0.2) is 0 Å². The Labute approximate surface area is 145 Å². The molecule has 1 saturated carbocycles. The summed E-state index contributed by atoms with van der Waals surface area (Å²) in [5, 5.41) is 9.30. The van der Waals surface area contributed by atoms with Crippen molar-refractivity contribution in [1.82, 2.24) is 9.80 Å². The van der Waals surface area contributed by atoms with Gasteiger partial charge in [-0.05, 0) is 38.0 Å². The van der Waals surface area contributed by atoms with Gasteiger partial charge in [-0.25, -0.2) is 4.79 Å². The predicted molar refractivity (Wildman–Crippen MR) is 91.9 cm³/mol. The van der Waals surface area contributed by atoms with E-state index in [1.54, 1.807) is 9.80 Å². The minimum absolute atomic E-state index is 0.0482. The van der Waals surface area contributed by atoms with Gasteiger partial charge in [0.2, 0.25) is 5.91 Å². The zero-order valence-electron chi connectivity index (χ0n) is 14.9. The summed E-state index contributed by atoms with van der Waals surface area (Å²) in [5.74, 6) is 0.171. The Kier molecular flexibility index (Phi) is 6.47. The molecule has 2 atom stereocenters. The van der Waals surface area contributed by atoms with Crippen molar-refractivity contribution in [2.45, 2.75) is 83.3 Å². The first-order valence-electron chi connectivity index (χ1n) is 9.23. The van der Waals surface area contributed by atoms with E-state index in [-0.39, 0.29) is 23.9 Å². The van der Waals surface area contributed by atoms with E-state index in [1.165, 1.54) is 6.42 Å². The maximum absolute atomic E-state index is 13.2. The lowest BCUT2D eigenvalue weighted by Crippen LogP contribution is -2.57. The number of amides is 3. The topological polar surface area (TPSA) is 90.4 Å². The molecule has 6 nitrogen and oxygen atoms in total. The van der Waals surface area contributed by atoms with E-state index in [4.69, 9.17) is 5.73 Å². The molecule has 0 aromatic rings. The van der Waals surface area contributed by atoms with Gasteiger partial charge in [0.1, 0.15) is 12.1 Å². The number of likely N-dealkylation sites (tertiary alicyclic amines) is 1. The molecule has 0 spiro atoms. The van der Waals surface area contributed by atoms with Gasteiger partial charge in [0.25, 0.3) is 0 Å². The van der Waals surface area contributed by atoms with E-state index >= 15 is 0 Å². The third-order valence-electron chi connectivity index (χ3n) is 5.22. The lowest BCUT2D eigenvalue weighted by atomic mass is 9.91. The van der Waals surface area contributed by atoms with E-state index in [1.807, 2.05) is 13.8 Å². The highest BCUT2D eigenvalue weighted by atomic mass is 16.2. The van der Waals surface area contributed by atoms with Crippen LogP contribution in [0.4, 0.5) is 4.79 Å². The lowest BCUT2D eigenvalue weighted by Gasteiger charge is -2.40. The highest BCUT2D eigenvalue weighted by Crippen LogP contribution is 2.28. The second-order valence-corrected chi connectivity index (χ2v) is 7.50. The lowest BCUT2D eigenvalue weighted by molar-refractivity contribution is -0.137. The molecule has 6 heteroatoms. The molecule has 24 heavy (non-hydrogen) atoms. The first-order chi connectivity index (χ1) is 11.5. The van der Waals surface area contributed by atoms with Crippen molar-refractivity contribution in [2.24, 2.45) is 11.7 Å². The van der Waals surface area contributed by atoms with Crippen LogP contribution in [0.3, 0.4) is 0 Å². The number of carbonyl (C=O) groups excluding carboxylic acids is 2. The van der Waals surface area contributed by atoms with Crippen molar-refractivity contribution in [3.8, 4) is 6.07 Å². The zero-order valence-corrected chi connectivity index (χ0v) is 14.9. The number of hydrogen-bond donors (Lipinski definition) is 1. The molecule has 0 unspecified atom stereocenters. The van der Waals surface area contributed by atoms with Crippen molar-refractivity contribution in [3.63, 3.8) is 0 Å². The minimum Gasteiger partial charge on any atom is -0.351 e. The molecule has 2 N–H and O–H groups in total. The molecule has 0 aromatic heterocycles. The first kappa shape index (κ1) is 18.6. The Balaban J connectivity index is 2.25. The molecule has 3 amide bonds. The maximum Gasteiger partial charge on any atom is 0.315 e. The van der Waals surface area contributed by atoms with E-state index in [0.717, 1.165) is 38.5 Å². The standard InChI is InChI=1S/C18H30N4O2/c1-13(2)11-16(17(23)21-10-6-9-15(21)12-19)22(18(20)24)14-7-4-3-5-8-14/h13-16H,3-11H2,1-2H3,(H2,20,24)/t15-,16-/m0/s1. The molecule has 2 aliphatic rings. The fourth-order valence-corrected chi connectivity index (χ4v) is 4.08. The van der Waals surface area contributed by atoms with Crippen molar-refractivity contribution in [1.29, 1.82) is 5.26 Å². The van der Waals surface area contributed by atoms with E-state index in [9.17, 15) is 14.9 Å². The fourth-order valence-electron chi connectivity index (χ4n) is 4.08. The highest BCUT2D eigenvalue weighted by Gasteiger charge is 2.40. The van der Waals surface area contributed by atoms with E-state index < -0.39 is 12.1 Å². The summed E-state index contributed by atoms with van der Waals surface area (Å²) >= 11 is 0. The summed E-state index contributed by atoms with van der Waals surface area (Å²) in [4.78, 5) is 28.7. The summed E-state index contributed by atoms with van der Waals surface area (Å²) < 4.78 is 0. The van der Waals surface area contributed by atoms with Crippen LogP contribution in [0.25, 0.3) is 0 Å². The van der Waals surface area contributed by atoms with Crippen LogP contribution >= 0.6 is 0 Å². The van der Waals surface area contributed by atoms with Crippen molar-refractivity contribution >= 4 is 11.9 Å². The Morgan fingerprint density at radius 1 is 1.21 bits per heavy atom. The quantitative estimate of drug-likeness (QED) is 0.838. The average molecular weight is 334 g/mol. The number of urea groups is 1. The van der Waals surface area contributed by atoms with E-state index in [0.29, 0.717) is 13.0 Å². The third kappa shape index (κ3) is 4.19. The summed E-state index contributed by atoms with van der Waals surface area (Å²) in [5.41, 5.74) is 5.70. The summed E-state index contributed by atoms with van der Waals surface area (Å²) in [7, 11) is 0. The van der Waals surface area contributed by atoms with Crippen LogP contribution in [0.5, 0.6) is 0 Å². The number of nitrogens with zero attached hydrogens (tertiary/aromatic N) is 3. The molecular weight excluding hydrogens is 304 g/mol. The van der Waals surface area contributed by atoms with Crippen LogP contribution in [-0.2, 0) is 4.79 Å². The zero-order chi connectivity index (χ0) is 17.7. The summed E-state index contributed by atoms with van der Waals surface area (Å²) in [6, 6.07) is 0.854. The maximum atomic E-state index is 13.2. The van der Waals surface area contributed by atoms with Gasteiger partial charge >= 0.3 is 6.03 Å². The second-order valence-electron chi connectivity index (χ2n) is 7.50. The van der Waals surface area contributed by atoms with Gasteiger partial charge < -0.3 is 15.5 Å². The van der Waals surface area contributed by atoms with Crippen LogP contribution in [-0.4, -0.2) is 46.4 Å². The van der Waals surface area contributed by atoms with Crippen molar-refractivity contribution < 1.29 is 9.59 Å². The molecule has 2 rings (SSSR count). The molecule has 1 aliphatic carbocycles. The number of carbonyl (C=O) groups is 2. The normalized spacial score (nSPS) is 23.1. The predicted octanol–water partition coefficient (Wildman–Crippen LogP) is 2.63. The number of rotatable bonds is 5. The van der Waals surface area contributed by atoms with Crippen molar-refractivity contribution in [3.05, 3.63) is 0 Å². The molecule has 2 fully saturated rings. The van der Waals surface area contributed by atoms with Crippen LogP contribution in [0.1, 0.15) is 65.2 Å². The van der Waals surface area contributed by atoms with Crippen LogP contribution in [0.15, 0.2) is 0 Å². The third-order valence-corrected chi connectivity index (χ3v) is 5.22. The molecule has 1 heterocycles. The summed E-state index contributed by atoms with van der Waals surface area (Å²) in [6.07, 6.45) is 7.29. The molecule has 134 valence electrons. The van der Waals surface area contributed by atoms with Gasteiger partial charge in [-0.2, -0.15) is 5.26 Å². The SMILES string of the molecule is CC(C)C[C@@H](C(=O)N1CCC[C@H]1C#N)N(C(N)=O)C1CCCCC1. The smallest absolute Gasteiger partial charge is 0.315 e. The van der Waals surface area contributed by atoms with Gasteiger partial charge in [0.05, 0.1) is 6.07 Å². The minimum atomic E-state index is -0.542. The van der Waals surface area contributed by atoms with Gasteiger partial charge in [0, 0.05) is 12.6 Å². The first-order valence-corrected chi connectivity index (χ1v) is 9.23. The molecule has 1 aliphatic heterocycles. The number of nitrogens with two attached hydrogens (primary N) is 1. The Bertz CT molecular complexity index is 494. The molecule has 0 radical (unpaired) electrons. The van der Waals surface area contributed by atoms with Gasteiger partial charge in [-0.15, -0.1) is 0 Å². The number of nitriles is 1. The van der Waals surface area contributed by atoms with E-state index in [2.05, 4.69) is 6.07 Å². The molecule has 0 bridgehead atoms. The number of hydrogen-bond acceptors (Lipinski definition) is 3. The fraction of sp³-hybridized carbons (Fsp3) is 0.833. The van der Waals surface area contributed by atoms with Gasteiger partial charge in [-0.3, -0.25) is 4.79 Å². The van der Waals surface area contributed by atoms with Gasteiger partial charge in [-0.1, -0.05) is 33.1 Å². The monoisotopic (exact) mass is 334 g/mol. The van der Waals surface area contributed by atoms with Crippen LogP contribution in [0, 0.1) is 17.2 Å². The average Bonchev–Trinajstić information content (AvgIpc) is 3.02. The second kappa shape index (κ2) is 8.36. The molecule has 1 saturated heterocycles. The highest BCUT2D eigenvalue weighted by molar-refractivity contribution is 5.87. The van der Waals surface area contributed by atoms with Crippen LogP contribution < -0.4 is 5.73 Å². The summed E-state index contributed by atoms with van der Waals surface area (Å²) in [6.45, 7) is 4.70. The Morgan fingerprint density at radius 3 is 2.42 bits per heavy atom. The Morgan fingerprint density at radius 2 is 1.88 bits per heavy atom. The molecular formula is C18H30N4O2. The number of primary amides is 1. The molecule has 0 aromatic carbocycles. The Hall–Kier alpha value is -1.77. The largest absolute Gasteiger partial charge is 0.351 e. The van der Waals surface area contributed by atoms with Crippen LogP contribution in [0.2, 0.25) is 0 Å². The van der Waals surface area contributed by atoms with Crippen molar-refractivity contribution in [2.75, 3.05) is 6.54 Å².